The summed E-state index contributed by atoms with van der Waals surface area (Å²) in [4.78, 5) is 30.1. The number of imide groups is 1. The van der Waals surface area contributed by atoms with Gasteiger partial charge in [-0.05, 0) is 24.3 Å². The first-order valence-corrected chi connectivity index (χ1v) is 7.99. The van der Waals surface area contributed by atoms with E-state index in [1.165, 1.54) is 11.2 Å². The van der Waals surface area contributed by atoms with Gasteiger partial charge in [0.1, 0.15) is 17.9 Å². The Labute approximate surface area is 155 Å². The summed E-state index contributed by atoms with van der Waals surface area (Å²) in [6.45, 7) is -0.160. The van der Waals surface area contributed by atoms with Crippen LogP contribution in [0.2, 0.25) is 0 Å². The Morgan fingerprint density at radius 1 is 0.889 bits per heavy atom. The molecule has 0 fully saturated rings. The quantitative estimate of drug-likeness (QED) is 0.788. The minimum absolute atomic E-state index is 0.0115. The maximum Gasteiger partial charge on any atom is 0.279 e. The number of allylic oxidation sites excluding steroid dienone is 1. The summed E-state index contributed by atoms with van der Waals surface area (Å²) >= 11 is 0. The number of benzene rings is 2. The molecular weight excluding hydrogens is 342 g/mol. The van der Waals surface area contributed by atoms with Gasteiger partial charge < -0.3 is 0 Å². The summed E-state index contributed by atoms with van der Waals surface area (Å²) in [5.74, 6) is -1.21. The SMILES string of the molecule is N#CC1=CN=C(C#N)CN1N(C(=O)c1ccccc1)C(=O)c1ccccc1. The van der Waals surface area contributed by atoms with Crippen LogP contribution >= 0.6 is 0 Å². The lowest BCUT2D eigenvalue weighted by Gasteiger charge is -2.34. The van der Waals surface area contributed by atoms with Gasteiger partial charge in [0, 0.05) is 11.1 Å². The lowest BCUT2D eigenvalue weighted by molar-refractivity contribution is 0.0191. The van der Waals surface area contributed by atoms with E-state index in [1.807, 2.05) is 12.1 Å². The van der Waals surface area contributed by atoms with Gasteiger partial charge in [-0.25, -0.2) is 4.99 Å². The first kappa shape index (κ1) is 17.6. The molecule has 0 radical (unpaired) electrons. The van der Waals surface area contributed by atoms with Gasteiger partial charge in [0.05, 0.1) is 12.7 Å². The third-order valence-electron chi connectivity index (χ3n) is 3.83. The number of hydrogen-bond donors (Lipinski definition) is 0. The largest absolute Gasteiger partial charge is 0.279 e. The predicted octanol–water partition coefficient (Wildman–Crippen LogP) is 2.53. The molecule has 3 rings (SSSR count). The maximum atomic E-state index is 13.1. The van der Waals surface area contributed by atoms with Crippen molar-refractivity contribution in [2.45, 2.75) is 0 Å². The first-order valence-electron chi connectivity index (χ1n) is 7.99. The van der Waals surface area contributed by atoms with E-state index in [0.29, 0.717) is 0 Å². The van der Waals surface area contributed by atoms with Crippen LogP contribution in [0.25, 0.3) is 0 Å². The number of amides is 2. The normalized spacial score (nSPS) is 12.9. The molecule has 7 nitrogen and oxygen atoms in total. The molecule has 0 bridgehead atoms. The molecule has 0 saturated heterocycles. The second kappa shape index (κ2) is 7.77. The van der Waals surface area contributed by atoms with Crippen LogP contribution in [0.15, 0.2) is 77.6 Å². The van der Waals surface area contributed by atoms with E-state index in [0.717, 1.165) is 5.01 Å². The molecule has 1 aliphatic rings. The summed E-state index contributed by atoms with van der Waals surface area (Å²) in [6.07, 6.45) is 1.17. The zero-order chi connectivity index (χ0) is 19.2. The van der Waals surface area contributed by atoms with E-state index < -0.39 is 11.8 Å². The summed E-state index contributed by atoms with van der Waals surface area (Å²) in [5, 5.41) is 20.6. The smallest absolute Gasteiger partial charge is 0.267 e. The number of nitrogens with zero attached hydrogens (tertiary/aromatic N) is 5. The van der Waals surface area contributed by atoms with Gasteiger partial charge >= 0.3 is 0 Å². The van der Waals surface area contributed by atoms with E-state index in [1.54, 1.807) is 60.7 Å². The van der Waals surface area contributed by atoms with Crippen LogP contribution in [0.4, 0.5) is 0 Å². The van der Waals surface area contributed by atoms with Crippen molar-refractivity contribution >= 4 is 17.5 Å². The lowest BCUT2D eigenvalue weighted by atomic mass is 10.1. The Bertz CT molecular complexity index is 962. The van der Waals surface area contributed by atoms with Crippen molar-refractivity contribution in [1.82, 2.24) is 10.0 Å². The van der Waals surface area contributed by atoms with E-state index in [-0.39, 0.29) is 29.1 Å². The second-order valence-electron chi connectivity index (χ2n) is 5.53. The van der Waals surface area contributed by atoms with Crippen LogP contribution in [0, 0.1) is 22.7 Å². The maximum absolute atomic E-state index is 13.1. The molecular formula is C20H13N5O2. The first-order chi connectivity index (χ1) is 13.2. The molecule has 27 heavy (non-hydrogen) atoms. The molecule has 1 aliphatic heterocycles. The molecule has 0 aliphatic carbocycles. The summed E-state index contributed by atoms with van der Waals surface area (Å²) in [6, 6.07) is 20.3. The van der Waals surface area contributed by atoms with Crippen molar-refractivity contribution in [2.24, 2.45) is 4.99 Å². The monoisotopic (exact) mass is 355 g/mol. The Balaban J connectivity index is 2.08. The zero-order valence-electron chi connectivity index (χ0n) is 14.1. The van der Waals surface area contributed by atoms with E-state index >= 15 is 0 Å². The van der Waals surface area contributed by atoms with Gasteiger partial charge in [-0.15, -0.1) is 0 Å². The zero-order valence-corrected chi connectivity index (χ0v) is 14.1. The molecule has 0 saturated carbocycles. The third-order valence-corrected chi connectivity index (χ3v) is 3.83. The Morgan fingerprint density at radius 3 is 1.85 bits per heavy atom. The Kier molecular flexibility index (Phi) is 5.06. The average Bonchev–Trinajstić information content (AvgIpc) is 2.74. The highest BCUT2D eigenvalue weighted by Gasteiger charge is 2.33. The number of carbonyl (C=O) groups excluding carboxylic acids is 2. The number of aliphatic imine (C=N–C) groups is 1. The molecule has 2 aromatic rings. The molecule has 2 aromatic carbocycles. The fourth-order valence-corrected chi connectivity index (χ4v) is 2.52. The number of hydrogen-bond acceptors (Lipinski definition) is 6. The molecule has 7 heteroatoms. The Hall–Kier alpha value is -4.23. The fourth-order valence-electron chi connectivity index (χ4n) is 2.52. The van der Waals surface area contributed by atoms with Gasteiger partial charge in [0.25, 0.3) is 11.8 Å². The van der Waals surface area contributed by atoms with Crippen LogP contribution in [0.3, 0.4) is 0 Å². The average molecular weight is 355 g/mol. The minimum atomic E-state index is -0.607. The van der Waals surface area contributed by atoms with Gasteiger partial charge in [-0.2, -0.15) is 15.5 Å². The molecule has 0 N–H and O–H groups in total. The number of hydrazine groups is 1. The number of nitriles is 2. The van der Waals surface area contributed by atoms with Crippen molar-refractivity contribution in [3.05, 3.63) is 83.7 Å². The van der Waals surface area contributed by atoms with Crippen LogP contribution in [-0.2, 0) is 0 Å². The minimum Gasteiger partial charge on any atom is -0.267 e. The van der Waals surface area contributed by atoms with Crippen LogP contribution < -0.4 is 0 Å². The van der Waals surface area contributed by atoms with Crippen molar-refractivity contribution in [2.75, 3.05) is 6.54 Å². The van der Waals surface area contributed by atoms with Crippen molar-refractivity contribution in [1.29, 1.82) is 10.5 Å². The summed E-state index contributed by atoms with van der Waals surface area (Å²) in [5.41, 5.74) is 0.628. The molecule has 1 heterocycles. The Morgan fingerprint density at radius 2 is 1.41 bits per heavy atom. The highest BCUT2D eigenvalue weighted by Crippen LogP contribution is 2.19. The fraction of sp³-hybridized carbons (Fsp3) is 0.0500. The van der Waals surface area contributed by atoms with Gasteiger partial charge in [0.15, 0.2) is 5.70 Å². The highest BCUT2D eigenvalue weighted by atomic mass is 16.2. The molecule has 0 unspecified atom stereocenters. The van der Waals surface area contributed by atoms with E-state index in [9.17, 15) is 14.9 Å². The van der Waals surface area contributed by atoms with Crippen LogP contribution in [0.5, 0.6) is 0 Å². The van der Waals surface area contributed by atoms with Crippen LogP contribution in [0.1, 0.15) is 20.7 Å². The highest BCUT2D eigenvalue weighted by molar-refractivity contribution is 6.10. The second-order valence-corrected chi connectivity index (χ2v) is 5.53. The van der Waals surface area contributed by atoms with Gasteiger partial charge in [0.2, 0.25) is 0 Å². The molecule has 0 atom stereocenters. The van der Waals surface area contributed by atoms with Crippen molar-refractivity contribution in [3.63, 3.8) is 0 Å². The van der Waals surface area contributed by atoms with Crippen molar-refractivity contribution in [3.8, 4) is 12.1 Å². The standard InChI is InChI=1S/C20H13N5O2/c21-11-17-14-24(18(12-22)13-23-17)25(19(26)15-7-3-1-4-8-15)20(27)16-9-5-2-6-10-16/h1-10,13H,14H2. The van der Waals surface area contributed by atoms with Crippen molar-refractivity contribution < 1.29 is 9.59 Å². The molecule has 0 spiro atoms. The van der Waals surface area contributed by atoms with Crippen LogP contribution in [-0.4, -0.2) is 34.1 Å². The molecule has 2 amide bonds. The summed E-state index contributed by atoms with van der Waals surface area (Å²) < 4.78 is 0. The number of carbonyl (C=O) groups is 2. The molecule has 130 valence electrons. The predicted molar refractivity (Wildman–Crippen MR) is 96.8 cm³/mol. The van der Waals surface area contributed by atoms with Gasteiger partial charge in [-0.1, -0.05) is 36.4 Å². The topological polar surface area (TPSA) is 101 Å². The third kappa shape index (κ3) is 3.58. The van der Waals surface area contributed by atoms with Gasteiger partial charge in [-0.3, -0.25) is 14.6 Å². The number of rotatable bonds is 3. The molecule has 0 aromatic heterocycles. The van der Waals surface area contributed by atoms with E-state index in [2.05, 4.69) is 4.99 Å². The lowest BCUT2D eigenvalue weighted by Crippen LogP contribution is -2.51. The summed E-state index contributed by atoms with van der Waals surface area (Å²) in [7, 11) is 0. The van der Waals surface area contributed by atoms with E-state index in [4.69, 9.17) is 5.26 Å².